The second-order valence-corrected chi connectivity index (χ2v) is 7.49. The van der Waals surface area contributed by atoms with E-state index in [0.29, 0.717) is 23.9 Å². The molecule has 4 heterocycles. The molecule has 9 nitrogen and oxygen atoms in total. The first-order valence-electron chi connectivity index (χ1n) is 9.84. The Balaban J connectivity index is 1.55. The molecule has 5 rings (SSSR count). The SMILES string of the molecule is NCc1cc(N)cc(-c2ccc3c(n2)N(C(=O)Nc2cnccn2)[C@H]2CCN3C2)c1. The van der Waals surface area contributed by atoms with Crippen molar-refractivity contribution in [3.63, 3.8) is 0 Å². The quantitative estimate of drug-likeness (QED) is 0.573. The van der Waals surface area contributed by atoms with E-state index in [2.05, 4.69) is 20.2 Å². The van der Waals surface area contributed by atoms with Crippen LogP contribution in [0.1, 0.15) is 12.0 Å². The van der Waals surface area contributed by atoms with Gasteiger partial charge in [0.05, 0.1) is 23.6 Å². The third-order valence-electron chi connectivity index (χ3n) is 5.52. The minimum Gasteiger partial charge on any atom is -0.399 e. The van der Waals surface area contributed by atoms with Gasteiger partial charge in [-0.05, 0) is 42.3 Å². The lowest BCUT2D eigenvalue weighted by molar-refractivity contribution is 0.254. The Hall–Kier alpha value is -3.72. The number of nitrogens with one attached hydrogen (secondary N) is 1. The summed E-state index contributed by atoms with van der Waals surface area (Å²) < 4.78 is 0. The van der Waals surface area contributed by atoms with Crippen LogP contribution in [-0.2, 0) is 6.54 Å². The van der Waals surface area contributed by atoms with Gasteiger partial charge in [0.2, 0.25) is 0 Å². The summed E-state index contributed by atoms with van der Waals surface area (Å²) in [6, 6.07) is 9.48. The van der Waals surface area contributed by atoms with Crippen LogP contribution in [-0.4, -0.2) is 40.1 Å². The predicted octanol–water partition coefficient (Wildman–Crippen LogP) is 2.21. The average Bonchev–Trinajstić information content (AvgIpc) is 3.18. The average molecular weight is 402 g/mol. The van der Waals surface area contributed by atoms with E-state index in [9.17, 15) is 4.79 Å². The molecule has 1 fully saturated rings. The fourth-order valence-corrected chi connectivity index (χ4v) is 4.15. The van der Waals surface area contributed by atoms with Crippen molar-refractivity contribution in [2.75, 3.05) is 33.9 Å². The van der Waals surface area contributed by atoms with Crippen molar-refractivity contribution in [3.8, 4) is 11.3 Å². The van der Waals surface area contributed by atoms with Crippen molar-refractivity contribution in [2.24, 2.45) is 5.73 Å². The summed E-state index contributed by atoms with van der Waals surface area (Å²) in [6.45, 7) is 2.08. The summed E-state index contributed by atoms with van der Waals surface area (Å²) in [5.41, 5.74) is 16.0. The van der Waals surface area contributed by atoms with Gasteiger partial charge in [0.15, 0.2) is 11.6 Å². The third-order valence-corrected chi connectivity index (χ3v) is 5.52. The lowest BCUT2D eigenvalue weighted by Gasteiger charge is -2.35. The van der Waals surface area contributed by atoms with Crippen LogP contribution in [0, 0.1) is 0 Å². The van der Waals surface area contributed by atoms with Gasteiger partial charge >= 0.3 is 6.03 Å². The summed E-state index contributed by atoms with van der Waals surface area (Å²) in [7, 11) is 0. The molecule has 9 heteroatoms. The van der Waals surface area contributed by atoms with E-state index in [-0.39, 0.29) is 12.1 Å². The normalized spacial score (nSPS) is 17.0. The number of nitrogens with two attached hydrogens (primary N) is 2. The topological polar surface area (TPSA) is 126 Å². The molecule has 0 saturated carbocycles. The van der Waals surface area contributed by atoms with Gasteiger partial charge in [-0.15, -0.1) is 0 Å². The minimum atomic E-state index is -0.261. The lowest BCUT2D eigenvalue weighted by atomic mass is 10.1. The summed E-state index contributed by atoms with van der Waals surface area (Å²) in [4.78, 5) is 30.2. The largest absolute Gasteiger partial charge is 0.399 e. The molecular formula is C21H22N8O. The first kappa shape index (κ1) is 18.3. The van der Waals surface area contributed by atoms with Crippen molar-refractivity contribution in [2.45, 2.75) is 19.0 Å². The maximum absolute atomic E-state index is 13.2. The number of nitrogen functional groups attached to an aromatic ring is 1. The molecule has 0 aliphatic carbocycles. The van der Waals surface area contributed by atoms with E-state index in [0.717, 1.165) is 42.0 Å². The van der Waals surface area contributed by atoms with E-state index < -0.39 is 0 Å². The zero-order valence-corrected chi connectivity index (χ0v) is 16.3. The highest BCUT2D eigenvalue weighted by Gasteiger charge is 2.40. The van der Waals surface area contributed by atoms with Gasteiger partial charge in [-0.2, -0.15) is 0 Å². The number of carbonyl (C=O) groups excluding carboxylic acids is 1. The number of amides is 2. The smallest absolute Gasteiger partial charge is 0.329 e. The zero-order chi connectivity index (χ0) is 20.7. The number of pyridine rings is 1. The molecule has 3 aromatic rings. The van der Waals surface area contributed by atoms with Crippen LogP contribution < -0.4 is 26.6 Å². The number of aromatic nitrogens is 3. The van der Waals surface area contributed by atoms with E-state index >= 15 is 0 Å². The second-order valence-electron chi connectivity index (χ2n) is 7.49. The molecule has 2 aliphatic heterocycles. The van der Waals surface area contributed by atoms with Crippen molar-refractivity contribution in [1.82, 2.24) is 15.0 Å². The number of anilines is 4. The molecule has 30 heavy (non-hydrogen) atoms. The Bertz CT molecular complexity index is 1100. The van der Waals surface area contributed by atoms with E-state index in [1.807, 2.05) is 30.3 Å². The number of hydrogen-bond donors (Lipinski definition) is 3. The van der Waals surface area contributed by atoms with Crippen molar-refractivity contribution < 1.29 is 4.79 Å². The van der Waals surface area contributed by atoms with E-state index in [1.54, 1.807) is 17.3 Å². The molecule has 2 bridgehead atoms. The fraction of sp³-hybridized carbons (Fsp3) is 0.238. The van der Waals surface area contributed by atoms with Crippen LogP contribution in [0.5, 0.6) is 0 Å². The van der Waals surface area contributed by atoms with Gasteiger partial charge < -0.3 is 16.4 Å². The standard InChI is InChI=1S/C21H22N8O/c22-10-13-7-14(9-15(23)8-13)17-1-2-18-20(26-17)29(16-3-6-28(18)12-16)21(30)27-19-11-24-4-5-25-19/h1-2,4-5,7-9,11,16H,3,6,10,12,22-23H2,(H,25,27,30)/t16-/m0/s1. The third kappa shape index (κ3) is 3.18. The van der Waals surface area contributed by atoms with Gasteiger partial charge in [-0.25, -0.2) is 14.8 Å². The monoisotopic (exact) mass is 402 g/mol. The number of hydrogen-bond acceptors (Lipinski definition) is 7. The van der Waals surface area contributed by atoms with Gasteiger partial charge in [0.1, 0.15) is 0 Å². The highest BCUT2D eigenvalue weighted by Crippen LogP contribution is 2.40. The summed E-state index contributed by atoms with van der Waals surface area (Å²) in [5.74, 6) is 1.04. The number of nitrogens with zero attached hydrogens (tertiary/aromatic N) is 5. The highest BCUT2D eigenvalue weighted by molar-refractivity contribution is 6.04. The molecule has 2 amide bonds. The Kier molecular flexibility index (Phi) is 4.44. The first-order chi connectivity index (χ1) is 14.6. The molecule has 1 saturated heterocycles. The van der Waals surface area contributed by atoms with Crippen LogP contribution >= 0.6 is 0 Å². The number of urea groups is 1. The molecule has 0 unspecified atom stereocenters. The summed E-state index contributed by atoms with van der Waals surface area (Å²) in [5, 5.41) is 2.84. The molecule has 1 atom stereocenters. The maximum Gasteiger partial charge on any atom is 0.329 e. The van der Waals surface area contributed by atoms with E-state index in [4.69, 9.17) is 16.5 Å². The first-order valence-corrected chi connectivity index (χ1v) is 9.84. The number of benzene rings is 1. The number of carbonyl (C=O) groups is 1. The molecule has 0 radical (unpaired) electrons. The highest BCUT2D eigenvalue weighted by atomic mass is 16.2. The van der Waals surface area contributed by atoms with Crippen LogP contribution in [0.25, 0.3) is 11.3 Å². The molecule has 5 N–H and O–H groups in total. The lowest BCUT2D eigenvalue weighted by Crippen LogP contribution is -2.48. The minimum absolute atomic E-state index is 0.0531. The summed E-state index contributed by atoms with van der Waals surface area (Å²) >= 11 is 0. The van der Waals surface area contributed by atoms with Crippen molar-refractivity contribution in [3.05, 3.63) is 54.5 Å². The maximum atomic E-state index is 13.2. The Labute approximate surface area is 173 Å². The number of rotatable bonds is 3. The number of fused-ring (bicyclic) bond motifs is 4. The van der Waals surface area contributed by atoms with Crippen molar-refractivity contribution in [1.29, 1.82) is 0 Å². The Morgan fingerprint density at radius 3 is 2.93 bits per heavy atom. The zero-order valence-electron chi connectivity index (χ0n) is 16.3. The molecule has 2 aliphatic rings. The van der Waals surface area contributed by atoms with Crippen molar-refractivity contribution >= 4 is 29.0 Å². The molecule has 2 aromatic heterocycles. The Morgan fingerprint density at radius 2 is 2.13 bits per heavy atom. The van der Waals surface area contributed by atoms with E-state index in [1.165, 1.54) is 6.20 Å². The molecule has 0 spiro atoms. The predicted molar refractivity (Wildman–Crippen MR) is 116 cm³/mol. The van der Waals surface area contributed by atoms with Gasteiger partial charge in [0.25, 0.3) is 0 Å². The Morgan fingerprint density at radius 1 is 1.23 bits per heavy atom. The summed E-state index contributed by atoms with van der Waals surface area (Å²) in [6.07, 6.45) is 5.52. The van der Waals surface area contributed by atoms with Crippen LogP contribution in [0.2, 0.25) is 0 Å². The molecule has 152 valence electrons. The van der Waals surface area contributed by atoms with Gasteiger partial charge in [-0.3, -0.25) is 15.2 Å². The van der Waals surface area contributed by atoms with Crippen LogP contribution in [0.15, 0.2) is 48.9 Å². The van der Waals surface area contributed by atoms with Crippen LogP contribution in [0.4, 0.5) is 27.8 Å². The van der Waals surface area contributed by atoms with Crippen LogP contribution in [0.3, 0.4) is 0 Å². The second kappa shape index (κ2) is 7.27. The van der Waals surface area contributed by atoms with Gasteiger partial charge in [-0.1, -0.05) is 0 Å². The van der Waals surface area contributed by atoms with Gasteiger partial charge in [0, 0.05) is 43.3 Å². The molecular weight excluding hydrogens is 380 g/mol. The molecule has 1 aromatic carbocycles. The fourth-order valence-electron chi connectivity index (χ4n) is 4.15.